The first-order valence-electron chi connectivity index (χ1n) is 7.58. The smallest absolute Gasteiger partial charge is 0.133 e. The number of hydrogen-bond acceptors (Lipinski definition) is 4. The van der Waals surface area contributed by atoms with Crippen LogP contribution in [0.5, 0.6) is 0 Å². The van der Waals surface area contributed by atoms with Gasteiger partial charge in [-0.05, 0) is 39.2 Å². The van der Waals surface area contributed by atoms with E-state index in [1.54, 1.807) is 0 Å². The molecule has 1 saturated carbocycles. The van der Waals surface area contributed by atoms with E-state index in [9.17, 15) is 5.11 Å². The summed E-state index contributed by atoms with van der Waals surface area (Å²) in [6.45, 7) is 3.92. The Morgan fingerprint density at radius 2 is 2.16 bits per heavy atom. The highest BCUT2D eigenvalue weighted by Gasteiger charge is 2.36. The first-order chi connectivity index (χ1) is 9.24. The van der Waals surface area contributed by atoms with E-state index in [0.717, 1.165) is 31.0 Å². The van der Waals surface area contributed by atoms with Crippen LogP contribution in [0.4, 0.5) is 0 Å². The maximum absolute atomic E-state index is 10.3. The molecule has 0 radical (unpaired) electrons. The van der Waals surface area contributed by atoms with Crippen LogP contribution < -0.4 is 0 Å². The molecule has 3 rings (SSSR count). The van der Waals surface area contributed by atoms with Crippen LogP contribution in [0.3, 0.4) is 0 Å². The highest BCUT2D eigenvalue weighted by Crippen LogP contribution is 2.35. The normalized spacial score (nSPS) is 32.8. The first-order valence-corrected chi connectivity index (χ1v) is 7.58. The lowest BCUT2D eigenvalue weighted by Crippen LogP contribution is -2.42. The van der Waals surface area contributed by atoms with Gasteiger partial charge in [-0.25, -0.2) is 0 Å². The van der Waals surface area contributed by atoms with Crippen molar-refractivity contribution in [3.05, 3.63) is 17.5 Å². The summed E-state index contributed by atoms with van der Waals surface area (Å²) in [5.74, 6) is 1.34. The van der Waals surface area contributed by atoms with Crippen molar-refractivity contribution in [2.45, 2.75) is 64.1 Å². The molecular weight excluding hydrogens is 240 g/mol. The number of aliphatic hydroxyl groups is 1. The van der Waals surface area contributed by atoms with E-state index < -0.39 is 0 Å². The molecule has 3 atom stereocenters. The third-order valence-electron chi connectivity index (χ3n) is 4.73. The number of likely N-dealkylation sites (tertiary alicyclic amines) is 1. The summed E-state index contributed by atoms with van der Waals surface area (Å²) in [5, 5.41) is 14.4. The Morgan fingerprint density at radius 3 is 2.89 bits per heavy atom. The van der Waals surface area contributed by atoms with Gasteiger partial charge < -0.3 is 9.63 Å². The van der Waals surface area contributed by atoms with Gasteiger partial charge in [-0.2, -0.15) is 0 Å². The van der Waals surface area contributed by atoms with Gasteiger partial charge in [-0.3, -0.25) is 4.90 Å². The minimum absolute atomic E-state index is 0.0987. The molecule has 1 aromatic heterocycles. The van der Waals surface area contributed by atoms with Crippen LogP contribution >= 0.6 is 0 Å². The molecule has 106 valence electrons. The number of rotatable bonds is 3. The van der Waals surface area contributed by atoms with Crippen LogP contribution in [0.15, 0.2) is 10.6 Å². The standard InChI is InChI=1S/C15H24N2O2/c1-11-9-12(16-19-11)10-17-8-4-6-14(17)13-5-2-3-7-15(13)18/h9,13-15,18H,2-8,10H2,1H3. The summed E-state index contributed by atoms with van der Waals surface area (Å²) in [5.41, 5.74) is 1.02. The molecule has 2 fully saturated rings. The second-order valence-electron chi connectivity index (χ2n) is 6.12. The van der Waals surface area contributed by atoms with E-state index >= 15 is 0 Å². The quantitative estimate of drug-likeness (QED) is 0.911. The van der Waals surface area contributed by atoms with Gasteiger partial charge in [-0.1, -0.05) is 18.0 Å². The third-order valence-corrected chi connectivity index (χ3v) is 4.73. The monoisotopic (exact) mass is 264 g/mol. The van der Waals surface area contributed by atoms with Crippen molar-refractivity contribution in [3.8, 4) is 0 Å². The molecule has 19 heavy (non-hydrogen) atoms. The largest absolute Gasteiger partial charge is 0.393 e. The van der Waals surface area contributed by atoms with E-state index in [4.69, 9.17) is 4.52 Å². The molecule has 0 bridgehead atoms. The zero-order chi connectivity index (χ0) is 13.2. The predicted octanol–water partition coefficient (Wildman–Crippen LogP) is 2.50. The number of nitrogens with zero attached hydrogens (tertiary/aromatic N) is 2. The number of aliphatic hydroxyl groups excluding tert-OH is 1. The van der Waals surface area contributed by atoms with Crippen molar-refractivity contribution in [2.24, 2.45) is 5.92 Å². The molecule has 2 aliphatic rings. The Labute approximate surface area is 114 Å². The summed E-state index contributed by atoms with van der Waals surface area (Å²) < 4.78 is 5.15. The average Bonchev–Trinajstić information content (AvgIpc) is 3.00. The van der Waals surface area contributed by atoms with E-state index in [2.05, 4.69) is 10.1 Å². The van der Waals surface area contributed by atoms with Crippen molar-refractivity contribution in [1.82, 2.24) is 10.1 Å². The molecular formula is C15H24N2O2. The number of hydrogen-bond donors (Lipinski definition) is 1. The van der Waals surface area contributed by atoms with Crippen LogP contribution in [-0.2, 0) is 6.54 Å². The van der Waals surface area contributed by atoms with E-state index in [-0.39, 0.29) is 6.10 Å². The van der Waals surface area contributed by atoms with Crippen LogP contribution in [0.1, 0.15) is 50.0 Å². The van der Waals surface area contributed by atoms with Gasteiger partial charge in [0.05, 0.1) is 11.8 Å². The Bertz CT molecular complexity index is 418. The summed E-state index contributed by atoms with van der Waals surface area (Å²) in [7, 11) is 0. The lowest BCUT2D eigenvalue weighted by molar-refractivity contribution is 0.0197. The summed E-state index contributed by atoms with van der Waals surface area (Å²) in [6, 6.07) is 2.56. The molecule has 4 nitrogen and oxygen atoms in total. The minimum Gasteiger partial charge on any atom is -0.393 e. The molecule has 2 heterocycles. The summed E-state index contributed by atoms with van der Waals surface area (Å²) >= 11 is 0. The topological polar surface area (TPSA) is 49.5 Å². The van der Waals surface area contributed by atoms with Crippen molar-refractivity contribution in [2.75, 3.05) is 6.54 Å². The Balaban J connectivity index is 1.67. The minimum atomic E-state index is -0.0987. The van der Waals surface area contributed by atoms with Crippen LogP contribution in [0.25, 0.3) is 0 Å². The molecule has 0 amide bonds. The molecule has 0 aromatic carbocycles. The molecule has 1 aromatic rings. The van der Waals surface area contributed by atoms with Crippen LogP contribution in [0, 0.1) is 12.8 Å². The lowest BCUT2D eigenvalue weighted by Gasteiger charge is -2.37. The third kappa shape index (κ3) is 2.84. The second kappa shape index (κ2) is 5.63. The van der Waals surface area contributed by atoms with Gasteiger partial charge in [0.25, 0.3) is 0 Å². The molecule has 1 aliphatic heterocycles. The fourth-order valence-corrected chi connectivity index (χ4v) is 3.82. The zero-order valence-electron chi connectivity index (χ0n) is 11.7. The van der Waals surface area contributed by atoms with Gasteiger partial charge in [0.2, 0.25) is 0 Å². The Hall–Kier alpha value is -0.870. The van der Waals surface area contributed by atoms with Crippen molar-refractivity contribution < 1.29 is 9.63 Å². The van der Waals surface area contributed by atoms with Crippen LogP contribution in [0.2, 0.25) is 0 Å². The fraction of sp³-hybridized carbons (Fsp3) is 0.800. The van der Waals surface area contributed by atoms with Gasteiger partial charge in [0, 0.05) is 24.6 Å². The van der Waals surface area contributed by atoms with E-state index in [0.29, 0.717) is 12.0 Å². The molecule has 4 heteroatoms. The van der Waals surface area contributed by atoms with Gasteiger partial charge in [0.15, 0.2) is 0 Å². The lowest BCUT2D eigenvalue weighted by atomic mass is 9.80. The van der Waals surface area contributed by atoms with Crippen molar-refractivity contribution in [3.63, 3.8) is 0 Å². The molecule has 0 spiro atoms. The molecule has 1 saturated heterocycles. The highest BCUT2D eigenvalue weighted by molar-refractivity contribution is 5.04. The maximum Gasteiger partial charge on any atom is 0.133 e. The highest BCUT2D eigenvalue weighted by atomic mass is 16.5. The first kappa shape index (κ1) is 13.1. The number of aryl methyl sites for hydroxylation is 1. The van der Waals surface area contributed by atoms with Gasteiger partial charge >= 0.3 is 0 Å². The maximum atomic E-state index is 10.3. The predicted molar refractivity (Wildman–Crippen MR) is 72.6 cm³/mol. The van der Waals surface area contributed by atoms with Crippen LogP contribution in [-0.4, -0.2) is 33.9 Å². The van der Waals surface area contributed by atoms with Crippen molar-refractivity contribution >= 4 is 0 Å². The van der Waals surface area contributed by atoms with Gasteiger partial charge in [0.1, 0.15) is 5.76 Å². The zero-order valence-corrected chi connectivity index (χ0v) is 11.7. The fourth-order valence-electron chi connectivity index (χ4n) is 3.82. The summed E-state index contributed by atoms with van der Waals surface area (Å²) in [6.07, 6.45) is 6.99. The number of aromatic nitrogens is 1. The SMILES string of the molecule is Cc1cc(CN2CCCC2C2CCCCC2O)no1. The second-order valence-corrected chi connectivity index (χ2v) is 6.12. The Morgan fingerprint density at radius 1 is 1.32 bits per heavy atom. The molecule has 3 unspecified atom stereocenters. The average molecular weight is 264 g/mol. The van der Waals surface area contributed by atoms with Crippen molar-refractivity contribution in [1.29, 1.82) is 0 Å². The Kier molecular flexibility index (Phi) is 3.89. The van der Waals surface area contributed by atoms with Gasteiger partial charge in [-0.15, -0.1) is 0 Å². The molecule has 1 N–H and O–H groups in total. The van der Waals surface area contributed by atoms with E-state index in [1.165, 1.54) is 32.1 Å². The molecule has 1 aliphatic carbocycles. The van der Waals surface area contributed by atoms with E-state index in [1.807, 2.05) is 13.0 Å². The summed E-state index contributed by atoms with van der Waals surface area (Å²) in [4.78, 5) is 2.50.